The monoisotopic (exact) mass is 277 g/mol. The Morgan fingerprint density at radius 3 is 2.67 bits per heavy atom. The summed E-state index contributed by atoms with van der Waals surface area (Å²) in [6, 6.07) is -0.378. The van der Waals surface area contributed by atoms with Gasteiger partial charge in [0.05, 0.1) is 17.4 Å². The number of oxime groups is 1. The summed E-state index contributed by atoms with van der Waals surface area (Å²) in [5.74, 6) is -1.18. The molecule has 1 saturated heterocycles. The number of nitrogens with two attached hydrogens (primary N) is 1. The van der Waals surface area contributed by atoms with Gasteiger partial charge in [0.15, 0.2) is 15.7 Å². The van der Waals surface area contributed by atoms with E-state index in [-0.39, 0.29) is 35.8 Å². The van der Waals surface area contributed by atoms with Crippen molar-refractivity contribution in [2.45, 2.75) is 26.3 Å². The third-order valence-corrected chi connectivity index (χ3v) is 4.93. The van der Waals surface area contributed by atoms with Gasteiger partial charge in [-0.2, -0.15) is 0 Å². The lowest BCUT2D eigenvalue weighted by Gasteiger charge is -2.35. The lowest BCUT2D eigenvalue weighted by Crippen LogP contribution is -2.53. The number of amides is 1. The molecule has 0 aromatic heterocycles. The normalized spacial score (nSPS) is 25.8. The molecule has 1 aliphatic heterocycles. The minimum atomic E-state index is -3.06. The van der Waals surface area contributed by atoms with Crippen LogP contribution in [-0.2, 0) is 14.6 Å². The fourth-order valence-corrected chi connectivity index (χ4v) is 3.66. The predicted octanol–water partition coefficient (Wildman–Crippen LogP) is -0.595. The Morgan fingerprint density at radius 2 is 2.22 bits per heavy atom. The molecule has 7 nitrogen and oxygen atoms in total. The molecule has 3 N–H and O–H groups in total. The van der Waals surface area contributed by atoms with Crippen molar-refractivity contribution in [3.63, 3.8) is 0 Å². The predicted molar refractivity (Wildman–Crippen MR) is 67.0 cm³/mol. The quantitative estimate of drug-likeness (QED) is 0.310. The lowest BCUT2D eigenvalue weighted by molar-refractivity contribution is -0.135. The Kier molecular flexibility index (Phi) is 4.55. The van der Waals surface area contributed by atoms with E-state index >= 15 is 0 Å². The van der Waals surface area contributed by atoms with Gasteiger partial charge in [0, 0.05) is 12.6 Å². The molecule has 0 saturated carbocycles. The third kappa shape index (κ3) is 3.12. The molecule has 1 rings (SSSR count). The highest BCUT2D eigenvalue weighted by atomic mass is 32.2. The Morgan fingerprint density at radius 1 is 1.61 bits per heavy atom. The molecule has 1 fully saturated rings. The molecule has 104 valence electrons. The van der Waals surface area contributed by atoms with Crippen molar-refractivity contribution in [2.75, 3.05) is 18.1 Å². The first-order chi connectivity index (χ1) is 8.32. The highest BCUT2D eigenvalue weighted by Crippen LogP contribution is 2.16. The zero-order valence-electron chi connectivity index (χ0n) is 10.5. The zero-order chi connectivity index (χ0) is 13.9. The van der Waals surface area contributed by atoms with Crippen LogP contribution in [0.25, 0.3) is 0 Å². The van der Waals surface area contributed by atoms with Crippen molar-refractivity contribution in [2.24, 2.45) is 16.8 Å². The van der Waals surface area contributed by atoms with Crippen LogP contribution in [-0.4, -0.2) is 54.4 Å². The highest BCUT2D eigenvalue weighted by Gasteiger charge is 2.35. The lowest BCUT2D eigenvalue weighted by atomic mass is 10.0. The first kappa shape index (κ1) is 14.7. The minimum absolute atomic E-state index is 0.0321. The molecule has 0 aromatic carbocycles. The number of amidine groups is 1. The zero-order valence-corrected chi connectivity index (χ0v) is 11.4. The summed E-state index contributed by atoms with van der Waals surface area (Å²) < 4.78 is 22.9. The van der Waals surface area contributed by atoms with E-state index in [1.165, 1.54) is 4.90 Å². The van der Waals surface area contributed by atoms with Gasteiger partial charge in [0.1, 0.15) is 0 Å². The van der Waals surface area contributed by atoms with Gasteiger partial charge < -0.3 is 15.8 Å². The van der Waals surface area contributed by atoms with Crippen LogP contribution >= 0.6 is 0 Å². The smallest absolute Gasteiger partial charge is 0.233 e. The average molecular weight is 277 g/mol. The van der Waals surface area contributed by atoms with Crippen molar-refractivity contribution >= 4 is 21.6 Å². The van der Waals surface area contributed by atoms with Crippen LogP contribution in [0, 0.1) is 5.92 Å². The molecule has 0 bridgehead atoms. The van der Waals surface area contributed by atoms with E-state index in [0.717, 1.165) is 0 Å². The summed E-state index contributed by atoms with van der Waals surface area (Å²) in [6.45, 7) is 3.61. The second-order valence-corrected chi connectivity index (χ2v) is 6.71. The number of carbonyl (C=O) groups excluding carboxylic acids is 1. The van der Waals surface area contributed by atoms with Gasteiger partial charge in [-0.1, -0.05) is 12.1 Å². The molecular formula is C10H19N3O4S. The molecular weight excluding hydrogens is 258 g/mol. The van der Waals surface area contributed by atoms with Crippen LogP contribution in [0.2, 0.25) is 0 Å². The first-order valence-electron chi connectivity index (χ1n) is 5.80. The van der Waals surface area contributed by atoms with E-state index in [1.807, 2.05) is 0 Å². The molecule has 0 spiro atoms. The summed E-state index contributed by atoms with van der Waals surface area (Å²) in [7, 11) is -3.06. The number of hydrogen-bond donors (Lipinski definition) is 2. The molecule has 1 amide bonds. The molecule has 8 heteroatoms. The van der Waals surface area contributed by atoms with Crippen molar-refractivity contribution in [3.05, 3.63) is 0 Å². The van der Waals surface area contributed by atoms with Gasteiger partial charge >= 0.3 is 0 Å². The van der Waals surface area contributed by atoms with Gasteiger partial charge in [0.2, 0.25) is 5.91 Å². The van der Waals surface area contributed by atoms with Crippen molar-refractivity contribution in [1.82, 2.24) is 4.90 Å². The van der Waals surface area contributed by atoms with Gasteiger partial charge in [-0.05, 0) is 13.3 Å². The van der Waals surface area contributed by atoms with E-state index in [2.05, 4.69) is 5.16 Å². The summed E-state index contributed by atoms with van der Waals surface area (Å²) in [6.07, 6.45) is 0.407. The topological polar surface area (TPSA) is 113 Å². The van der Waals surface area contributed by atoms with Gasteiger partial charge in [-0.25, -0.2) is 8.42 Å². The summed E-state index contributed by atoms with van der Waals surface area (Å²) in [4.78, 5) is 13.7. The first-order valence-corrected chi connectivity index (χ1v) is 7.62. The average Bonchev–Trinajstić information content (AvgIpc) is 2.28. The molecule has 1 heterocycles. The van der Waals surface area contributed by atoms with E-state index in [9.17, 15) is 13.2 Å². The van der Waals surface area contributed by atoms with E-state index in [4.69, 9.17) is 10.9 Å². The standard InChI is InChI=1S/C10H19N3O4S/c1-3-8(9(11)12-15)10(14)13-4-5-18(16,17)6-7(13)2/h7-8,15H,3-6H2,1-2H3,(H2,11,12). The molecule has 18 heavy (non-hydrogen) atoms. The molecule has 0 radical (unpaired) electrons. The van der Waals surface area contributed by atoms with E-state index in [1.54, 1.807) is 13.8 Å². The Hall–Kier alpha value is -1.31. The Balaban J connectivity index is 2.85. The molecule has 1 aliphatic rings. The van der Waals surface area contributed by atoms with Crippen LogP contribution < -0.4 is 5.73 Å². The van der Waals surface area contributed by atoms with Gasteiger partial charge in [-0.3, -0.25) is 4.79 Å². The van der Waals surface area contributed by atoms with Crippen LogP contribution in [0.1, 0.15) is 20.3 Å². The van der Waals surface area contributed by atoms with Crippen molar-refractivity contribution in [1.29, 1.82) is 0 Å². The molecule has 0 aliphatic carbocycles. The molecule has 2 unspecified atom stereocenters. The van der Waals surface area contributed by atoms with Gasteiger partial charge in [-0.15, -0.1) is 0 Å². The van der Waals surface area contributed by atoms with Crippen LogP contribution in [0.15, 0.2) is 5.16 Å². The Labute approximate surface area is 107 Å². The number of carbonyl (C=O) groups is 1. The van der Waals surface area contributed by atoms with Crippen molar-refractivity contribution < 1.29 is 18.4 Å². The number of rotatable bonds is 3. The fourth-order valence-electron chi connectivity index (χ4n) is 2.11. The van der Waals surface area contributed by atoms with Crippen LogP contribution in [0.5, 0.6) is 0 Å². The molecule has 2 atom stereocenters. The van der Waals surface area contributed by atoms with Crippen LogP contribution in [0.4, 0.5) is 0 Å². The second kappa shape index (κ2) is 5.55. The Bertz CT molecular complexity index is 446. The molecule has 0 aromatic rings. The maximum absolute atomic E-state index is 12.2. The van der Waals surface area contributed by atoms with E-state index < -0.39 is 15.8 Å². The highest BCUT2D eigenvalue weighted by molar-refractivity contribution is 7.91. The van der Waals surface area contributed by atoms with Gasteiger partial charge in [0.25, 0.3) is 0 Å². The summed E-state index contributed by atoms with van der Waals surface area (Å²) >= 11 is 0. The van der Waals surface area contributed by atoms with E-state index in [0.29, 0.717) is 6.42 Å². The fraction of sp³-hybridized carbons (Fsp3) is 0.800. The minimum Gasteiger partial charge on any atom is -0.409 e. The second-order valence-electron chi connectivity index (χ2n) is 4.48. The van der Waals surface area contributed by atoms with Crippen molar-refractivity contribution in [3.8, 4) is 0 Å². The number of sulfone groups is 1. The number of hydrogen-bond acceptors (Lipinski definition) is 5. The largest absolute Gasteiger partial charge is 0.409 e. The maximum Gasteiger partial charge on any atom is 0.233 e. The summed E-state index contributed by atoms with van der Waals surface area (Å²) in [5.41, 5.74) is 5.47. The summed E-state index contributed by atoms with van der Waals surface area (Å²) in [5, 5.41) is 11.5. The SMILES string of the molecule is CCC(C(=O)N1CCS(=O)(=O)CC1C)C(N)=NO. The number of nitrogens with zero attached hydrogens (tertiary/aromatic N) is 2. The maximum atomic E-state index is 12.2. The van der Waals surface area contributed by atoms with Crippen LogP contribution in [0.3, 0.4) is 0 Å². The third-order valence-electron chi connectivity index (χ3n) is 3.13.